The molecule has 1 aliphatic carbocycles. The summed E-state index contributed by atoms with van der Waals surface area (Å²) in [5.41, 5.74) is 2.40. The highest BCUT2D eigenvalue weighted by Gasteiger charge is 2.24. The lowest BCUT2D eigenvalue weighted by Crippen LogP contribution is -2.24. The molecule has 184 valence electrons. The number of hydrogen-bond donors (Lipinski definition) is 1. The summed E-state index contributed by atoms with van der Waals surface area (Å²) >= 11 is 13.2. The molecule has 2 unspecified atom stereocenters. The van der Waals surface area contributed by atoms with Crippen molar-refractivity contribution in [3.05, 3.63) is 40.6 Å². The van der Waals surface area contributed by atoms with Crippen molar-refractivity contribution in [1.29, 1.82) is 0 Å². The van der Waals surface area contributed by atoms with Crippen molar-refractivity contribution in [3.63, 3.8) is 0 Å². The second-order valence-electron chi connectivity index (χ2n) is 10.3. The van der Waals surface area contributed by atoms with Crippen LogP contribution < -0.4 is 4.74 Å². The summed E-state index contributed by atoms with van der Waals surface area (Å²) in [6.45, 7) is 8.52. The molecule has 1 N–H and O–H groups in total. The van der Waals surface area contributed by atoms with E-state index >= 15 is 0 Å². The lowest BCUT2D eigenvalue weighted by molar-refractivity contribution is 0.0812. The molecule has 3 aromatic rings. The molecule has 0 radical (unpaired) electrons. The van der Waals surface area contributed by atoms with Gasteiger partial charge in [0.05, 0.1) is 23.3 Å². The van der Waals surface area contributed by atoms with Gasteiger partial charge in [0, 0.05) is 32.6 Å². The van der Waals surface area contributed by atoms with Crippen LogP contribution in [0.5, 0.6) is 5.75 Å². The molecule has 1 aromatic carbocycles. The molecule has 0 saturated heterocycles. The van der Waals surface area contributed by atoms with Gasteiger partial charge in [-0.15, -0.1) is 0 Å². The molecule has 0 aliphatic heterocycles. The summed E-state index contributed by atoms with van der Waals surface area (Å²) < 4.78 is 14.4. The fraction of sp³-hybridized carbons (Fsp3) is 0.520. The maximum absolute atomic E-state index is 10.0. The minimum atomic E-state index is -1.20. The molecule has 1 saturated carbocycles. The predicted octanol–water partition coefficient (Wildman–Crippen LogP) is 6.65. The highest BCUT2D eigenvalue weighted by Crippen LogP contribution is 2.41. The van der Waals surface area contributed by atoms with Gasteiger partial charge in [-0.3, -0.25) is 9.55 Å². The third-order valence-electron chi connectivity index (χ3n) is 6.27. The van der Waals surface area contributed by atoms with Crippen LogP contribution in [0.1, 0.15) is 25.7 Å². The van der Waals surface area contributed by atoms with E-state index in [0.717, 1.165) is 48.6 Å². The van der Waals surface area contributed by atoms with Gasteiger partial charge in [-0.2, -0.15) is 0 Å². The Hall–Kier alpha value is -1.64. The lowest BCUT2D eigenvalue weighted by Gasteiger charge is -2.26. The van der Waals surface area contributed by atoms with Gasteiger partial charge >= 0.3 is 0 Å². The van der Waals surface area contributed by atoms with Crippen LogP contribution in [0, 0.1) is 5.92 Å². The smallest absolute Gasteiger partial charge is 0.167 e. The first-order chi connectivity index (χ1) is 16.2. The fourth-order valence-corrected chi connectivity index (χ4v) is 5.45. The molecule has 34 heavy (non-hydrogen) atoms. The molecule has 9 heteroatoms. The maximum atomic E-state index is 10.0. The van der Waals surface area contributed by atoms with E-state index in [4.69, 9.17) is 37.7 Å². The van der Waals surface area contributed by atoms with E-state index in [-0.39, 0.29) is 12.0 Å². The second kappa shape index (κ2) is 11.0. The van der Waals surface area contributed by atoms with E-state index in [1.54, 1.807) is 12.4 Å². The summed E-state index contributed by atoms with van der Waals surface area (Å²) in [4.78, 5) is 9.08. The van der Waals surface area contributed by atoms with E-state index < -0.39 is 8.07 Å². The van der Waals surface area contributed by atoms with E-state index in [2.05, 4.69) is 24.6 Å². The zero-order valence-electron chi connectivity index (χ0n) is 20.1. The summed E-state index contributed by atoms with van der Waals surface area (Å²) in [5, 5.41) is 10.8. The molecule has 1 aliphatic rings. The van der Waals surface area contributed by atoms with Crippen LogP contribution in [-0.2, 0) is 11.5 Å². The van der Waals surface area contributed by atoms with Crippen molar-refractivity contribution in [2.24, 2.45) is 5.92 Å². The molecule has 6 nitrogen and oxygen atoms in total. The van der Waals surface area contributed by atoms with E-state index in [1.807, 2.05) is 22.8 Å². The quantitative estimate of drug-likeness (QED) is 0.252. The average molecular weight is 523 g/mol. The Morgan fingerprint density at radius 1 is 1.18 bits per heavy atom. The molecular weight excluding hydrogens is 489 g/mol. The average Bonchev–Trinajstić information content (AvgIpc) is 3.15. The van der Waals surface area contributed by atoms with Crippen LogP contribution in [0.15, 0.2) is 30.6 Å². The third kappa shape index (κ3) is 6.12. The van der Waals surface area contributed by atoms with Crippen LogP contribution >= 0.6 is 23.2 Å². The number of benzene rings is 1. The normalized spacial score (nSPS) is 19.0. The Morgan fingerprint density at radius 2 is 1.94 bits per heavy atom. The van der Waals surface area contributed by atoms with Crippen molar-refractivity contribution in [1.82, 2.24) is 14.5 Å². The first kappa shape index (κ1) is 25.4. The number of ether oxygens (including phenoxy) is 2. The fourth-order valence-electron chi connectivity index (χ4n) is 4.31. The zero-order valence-corrected chi connectivity index (χ0v) is 22.6. The van der Waals surface area contributed by atoms with Crippen molar-refractivity contribution >= 4 is 42.3 Å². The van der Waals surface area contributed by atoms with Crippen molar-refractivity contribution in [2.45, 2.75) is 64.2 Å². The molecule has 2 atom stereocenters. The largest absolute Gasteiger partial charge is 0.489 e. The summed E-state index contributed by atoms with van der Waals surface area (Å²) in [5.74, 6) is 1.52. The van der Waals surface area contributed by atoms with Gasteiger partial charge in [-0.05, 0) is 49.4 Å². The highest BCUT2D eigenvalue weighted by molar-refractivity contribution is 6.76. The van der Waals surface area contributed by atoms with E-state index in [1.165, 1.54) is 0 Å². The zero-order chi connectivity index (χ0) is 24.3. The number of nitrogens with zero attached hydrogens (tertiary/aromatic N) is 3. The SMILES string of the molecule is C[Si](C)(C)CCOCn1c(-c2ccncc2)nc2c(OCC3CCCC(O)C3)c(Cl)c(Cl)cc21. The topological polar surface area (TPSA) is 69.4 Å². The predicted molar refractivity (Wildman–Crippen MR) is 141 cm³/mol. The van der Waals surface area contributed by atoms with Crippen LogP contribution in [0.2, 0.25) is 35.7 Å². The van der Waals surface area contributed by atoms with Gasteiger partial charge in [0.2, 0.25) is 0 Å². The lowest BCUT2D eigenvalue weighted by atomic mass is 9.88. The molecule has 0 spiro atoms. The Kier molecular flexibility index (Phi) is 8.20. The van der Waals surface area contributed by atoms with Gasteiger partial charge in [-0.1, -0.05) is 49.3 Å². The Labute approximate surface area is 212 Å². The minimum Gasteiger partial charge on any atom is -0.489 e. The van der Waals surface area contributed by atoms with Crippen LogP contribution in [0.25, 0.3) is 22.4 Å². The Morgan fingerprint density at radius 3 is 2.65 bits per heavy atom. The van der Waals surface area contributed by atoms with Crippen LogP contribution in [0.3, 0.4) is 0 Å². The first-order valence-electron chi connectivity index (χ1n) is 11.9. The number of pyridine rings is 1. The highest BCUT2D eigenvalue weighted by atomic mass is 35.5. The molecule has 0 amide bonds. The van der Waals surface area contributed by atoms with E-state index in [0.29, 0.717) is 41.3 Å². The molecule has 0 bridgehead atoms. The molecule has 1 fully saturated rings. The van der Waals surface area contributed by atoms with Crippen LogP contribution in [0.4, 0.5) is 0 Å². The number of aliphatic hydroxyl groups excluding tert-OH is 1. The van der Waals surface area contributed by atoms with Gasteiger partial charge in [0.25, 0.3) is 0 Å². The van der Waals surface area contributed by atoms with Gasteiger partial charge in [0.15, 0.2) is 5.75 Å². The summed E-state index contributed by atoms with van der Waals surface area (Å²) in [7, 11) is -1.20. The van der Waals surface area contributed by atoms with Gasteiger partial charge in [0.1, 0.15) is 23.1 Å². The molecule has 4 rings (SSSR count). The van der Waals surface area contributed by atoms with Crippen molar-refractivity contribution < 1.29 is 14.6 Å². The van der Waals surface area contributed by atoms with Gasteiger partial charge in [-0.25, -0.2) is 4.98 Å². The number of fused-ring (bicyclic) bond motifs is 1. The second-order valence-corrected chi connectivity index (χ2v) is 16.7. The van der Waals surface area contributed by atoms with Gasteiger partial charge < -0.3 is 14.6 Å². The monoisotopic (exact) mass is 521 g/mol. The first-order valence-corrected chi connectivity index (χ1v) is 16.4. The molecule has 2 aromatic heterocycles. The van der Waals surface area contributed by atoms with Crippen molar-refractivity contribution in [3.8, 4) is 17.1 Å². The van der Waals surface area contributed by atoms with Crippen molar-refractivity contribution in [2.75, 3.05) is 13.2 Å². The number of aliphatic hydroxyl groups is 1. The summed E-state index contributed by atoms with van der Waals surface area (Å²) in [6.07, 6.45) is 6.86. The van der Waals surface area contributed by atoms with E-state index in [9.17, 15) is 5.11 Å². The minimum absolute atomic E-state index is 0.261. The maximum Gasteiger partial charge on any atom is 0.167 e. The summed E-state index contributed by atoms with van der Waals surface area (Å²) in [6, 6.07) is 6.76. The standard InChI is InChI=1S/C25H33Cl2N3O3Si/c1-34(2,3)12-11-32-16-30-21-14-20(26)22(27)24(33-15-17-5-4-6-19(31)13-17)23(21)29-25(30)18-7-9-28-10-8-18/h7-10,14,17,19,31H,4-6,11-13,15-16H2,1-3H3. The third-order valence-corrected chi connectivity index (χ3v) is 8.74. The molecule has 2 heterocycles. The Balaban J connectivity index is 1.68. The number of halogens is 2. The number of rotatable bonds is 9. The van der Waals surface area contributed by atoms with Crippen LogP contribution in [-0.4, -0.2) is 47.0 Å². The molecular formula is C25H33Cl2N3O3Si. The number of imidazole rings is 1. The number of aromatic nitrogens is 3. The Bertz CT molecular complexity index is 1120. The number of hydrogen-bond acceptors (Lipinski definition) is 5.